The van der Waals surface area contributed by atoms with E-state index < -0.39 is 0 Å². The molecule has 1 atom stereocenters. The first kappa shape index (κ1) is 13.1. The van der Waals surface area contributed by atoms with E-state index in [2.05, 4.69) is 32.1 Å². The summed E-state index contributed by atoms with van der Waals surface area (Å²) in [5, 5.41) is 9.33. The van der Waals surface area contributed by atoms with Crippen molar-refractivity contribution in [3.63, 3.8) is 0 Å². The molecule has 2 aromatic rings. The van der Waals surface area contributed by atoms with E-state index in [4.69, 9.17) is 21.6 Å². The summed E-state index contributed by atoms with van der Waals surface area (Å²) in [6, 6.07) is 13.7. The smallest absolute Gasteiger partial charge is 0.139 e. The molecule has 0 aromatic heterocycles. The molecule has 1 aliphatic rings. The number of benzene rings is 2. The molecule has 4 heteroatoms. The Kier molecular flexibility index (Phi) is 3.42. The quantitative estimate of drug-likeness (QED) is 0.793. The van der Waals surface area contributed by atoms with Crippen molar-refractivity contribution in [3.05, 3.63) is 58.1 Å². The van der Waals surface area contributed by atoms with Crippen molar-refractivity contribution in [2.24, 2.45) is 0 Å². The van der Waals surface area contributed by atoms with Gasteiger partial charge in [0.05, 0.1) is 16.7 Å². The highest BCUT2D eigenvalue weighted by Gasteiger charge is 2.24. The maximum Gasteiger partial charge on any atom is 0.139 e. The monoisotopic (exact) mass is 281 g/mol. The standard InChI is InChI=1S/C16H13BClNO/c17-12-3-4-13-11(8-12)2-6-15(13)20-16-5-1-10(9-19)7-14(16)18/h1,3-5,7-8,15H,2,6,17H2/t15-/m0/s1. The van der Waals surface area contributed by atoms with Crippen LogP contribution in [0.15, 0.2) is 36.4 Å². The predicted octanol–water partition coefficient (Wildman–Crippen LogP) is 2.54. The van der Waals surface area contributed by atoms with E-state index in [0.29, 0.717) is 16.3 Å². The first-order valence-electron chi connectivity index (χ1n) is 6.63. The number of ether oxygens (including phenoxy) is 1. The third kappa shape index (κ3) is 2.40. The lowest BCUT2D eigenvalue weighted by molar-refractivity contribution is 0.208. The lowest BCUT2D eigenvalue weighted by Gasteiger charge is -2.16. The van der Waals surface area contributed by atoms with Crippen LogP contribution >= 0.6 is 11.6 Å². The van der Waals surface area contributed by atoms with Gasteiger partial charge in [-0.25, -0.2) is 0 Å². The number of hydrogen-bond acceptors (Lipinski definition) is 2. The molecule has 0 heterocycles. The summed E-state index contributed by atoms with van der Waals surface area (Å²) in [6.07, 6.45) is 2.06. The largest absolute Gasteiger partial charge is 0.484 e. The van der Waals surface area contributed by atoms with Crippen LogP contribution in [0.5, 0.6) is 5.75 Å². The van der Waals surface area contributed by atoms with Gasteiger partial charge in [-0.05, 0) is 42.2 Å². The number of aryl methyl sites for hydroxylation is 1. The van der Waals surface area contributed by atoms with Gasteiger partial charge in [0.1, 0.15) is 19.7 Å². The Labute approximate surface area is 124 Å². The Morgan fingerprint density at radius 1 is 1.25 bits per heavy atom. The van der Waals surface area contributed by atoms with Crippen molar-refractivity contribution in [3.8, 4) is 11.8 Å². The van der Waals surface area contributed by atoms with Gasteiger partial charge in [0.25, 0.3) is 0 Å². The summed E-state index contributed by atoms with van der Waals surface area (Å²) in [5.41, 5.74) is 4.43. The Morgan fingerprint density at radius 3 is 2.85 bits per heavy atom. The Bertz CT molecular complexity index is 708. The summed E-state index contributed by atoms with van der Waals surface area (Å²) >= 11 is 6.16. The molecular weight excluding hydrogens is 268 g/mol. The molecule has 0 saturated carbocycles. The number of rotatable bonds is 2. The van der Waals surface area contributed by atoms with Crippen molar-refractivity contribution in [1.29, 1.82) is 5.26 Å². The van der Waals surface area contributed by atoms with Crippen LogP contribution in [0.3, 0.4) is 0 Å². The zero-order valence-electron chi connectivity index (χ0n) is 11.2. The normalized spacial score (nSPS) is 16.5. The summed E-state index contributed by atoms with van der Waals surface area (Å²) < 4.78 is 6.03. The van der Waals surface area contributed by atoms with Crippen molar-refractivity contribution in [1.82, 2.24) is 0 Å². The fourth-order valence-electron chi connectivity index (χ4n) is 2.65. The van der Waals surface area contributed by atoms with E-state index in [9.17, 15) is 0 Å². The molecule has 1 aliphatic carbocycles. The van der Waals surface area contributed by atoms with Crippen molar-refractivity contribution in [2.75, 3.05) is 0 Å². The van der Waals surface area contributed by atoms with Crippen molar-refractivity contribution in [2.45, 2.75) is 18.9 Å². The van der Waals surface area contributed by atoms with Crippen LogP contribution in [-0.4, -0.2) is 7.85 Å². The maximum atomic E-state index is 8.84. The van der Waals surface area contributed by atoms with E-state index in [1.165, 1.54) is 16.6 Å². The Balaban J connectivity index is 1.86. The van der Waals surface area contributed by atoms with Gasteiger partial charge in [-0.3, -0.25) is 0 Å². The predicted molar refractivity (Wildman–Crippen MR) is 82.5 cm³/mol. The zero-order valence-corrected chi connectivity index (χ0v) is 11.9. The van der Waals surface area contributed by atoms with Crippen molar-refractivity contribution >= 4 is 24.9 Å². The minimum atomic E-state index is 0.0519. The topological polar surface area (TPSA) is 33.0 Å². The average molecular weight is 282 g/mol. The molecule has 98 valence electrons. The number of fused-ring (bicyclic) bond motifs is 1. The van der Waals surface area contributed by atoms with Crippen LogP contribution in [0.2, 0.25) is 5.02 Å². The van der Waals surface area contributed by atoms with Gasteiger partial charge in [-0.15, -0.1) is 0 Å². The van der Waals surface area contributed by atoms with Gasteiger partial charge in [-0.1, -0.05) is 35.3 Å². The molecule has 0 spiro atoms. The first-order chi connectivity index (χ1) is 9.67. The third-order valence-electron chi connectivity index (χ3n) is 3.65. The van der Waals surface area contributed by atoms with Crippen LogP contribution in [0.4, 0.5) is 0 Å². The Morgan fingerprint density at radius 2 is 2.10 bits per heavy atom. The van der Waals surface area contributed by atoms with E-state index >= 15 is 0 Å². The molecule has 2 nitrogen and oxygen atoms in total. The second-order valence-corrected chi connectivity index (χ2v) is 5.51. The van der Waals surface area contributed by atoms with E-state index in [1.807, 2.05) is 0 Å². The van der Waals surface area contributed by atoms with Gasteiger partial charge in [0, 0.05) is 0 Å². The third-order valence-corrected chi connectivity index (χ3v) is 3.95. The van der Waals surface area contributed by atoms with Gasteiger partial charge < -0.3 is 4.74 Å². The molecule has 3 rings (SSSR count). The highest BCUT2D eigenvalue weighted by atomic mass is 35.5. The fraction of sp³-hybridized carbons (Fsp3) is 0.188. The van der Waals surface area contributed by atoms with Gasteiger partial charge >= 0.3 is 0 Å². The molecule has 0 radical (unpaired) electrons. The maximum absolute atomic E-state index is 8.84. The number of hydrogen-bond donors (Lipinski definition) is 0. The fourth-order valence-corrected chi connectivity index (χ4v) is 2.87. The van der Waals surface area contributed by atoms with Crippen molar-refractivity contribution < 1.29 is 4.74 Å². The summed E-state index contributed by atoms with van der Waals surface area (Å²) in [5.74, 6) is 0.643. The molecule has 0 N–H and O–H groups in total. The van der Waals surface area contributed by atoms with Gasteiger partial charge in [0.15, 0.2) is 0 Å². The Hall–Kier alpha value is -1.92. The molecule has 0 bridgehead atoms. The van der Waals surface area contributed by atoms with Crippen LogP contribution < -0.4 is 10.2 Å². The summed E-state index contributed by atoms with van der Waals surface area (Å²) in [6.45, 7) is 0. The molecule has 0 unspecified atom stereocenters. The molecule has 0 saturated heterocycles. The van der Waals surface area contributed by atoms with Gasteiger partial charge in [-0.2, -0.15) is 5.26 Å². The van der Waals surface area contributed by atoms with E-state index in [-0.39, 0.29) is 6.10 Å². The summed E-state index contributed by atoms with van der Waals surface area (Å²) in [7, 11) is 2.10. The van der Waals surface area contributed by atoms with Crippen LogP contribution in [-0.2, 0) is 6.42 Å². The average Bonchev–Trinajstić information content (AvgIpc) is 2.83. The second kappa shape index (κ2) is 5.23. The number of halogens is 1. The molecule has 0 aliphatic heterocycles. The van der Waals surface area contributed by atoms with Crippen LogP contribution in [0.25, 0.3) is 0 Å². The van der Waals surface area contributed by atoms with E-state index in [1.54, 1.807) is 18.2 Å². The number of nitriles is 1. The molecule has 20 heavy (non-hydrogen) atoms. The SMILES string of the molecule is Bc1ccc2c(c1)CC[C@@H]2Oc1ccc(C#N)cc1Cl. The minimum Gasteiger partial charge on any atom is -0.484 e. The van der Waals surface area contributed by atoms with Crippen LogP contribution in [0, 0.1) is 11.3 Å². The molecular formula is C16H13BClNO. The lowest BCUT2D eigenvalue weighted by atomic mass is 9.93. The zero-order chi connectivity index (χ0) is 14.1. The van der Waals surface area contributed by atoms with E-state index in [0.717, 1.165) is 12.8 Å². The lowest BCUT2D eigenvalue weighted by Crippen LogP contribution is -2.07. The molecule has 0 amide bonds. The second-order valence-electron chi connectivity index (χ2n) is 5.10. The molecule has 2 aromatic carbocycles. The minimum absolute atomic E-state index is 0.0519. The summed E-state index contributed by atoms with van der Waals surface area (Å²) in [4.78, 5) is 0. The number of nitrogens with zero attached hydrogens (tertiary/aromatic N) is 1. The highest BCUT2D eigenvalue weighted by Crippen LogP contribution is 2.37. The first-order valence-corrected chi connectivity index (χ1v) is 7.01. The van der Waals surface area contributed by atoms with Gasteiger partial charge in [0.2, 0.25) is 0 Å². The highest BCUT2D eigenvalue weighted by molar-refractivity contribution is 6.32. The van der Waals surface area contributed by atoms with Crippen LogP contribution in [0.1, 0.15) is 29.2 Å². The molecule has 0 fully saturated rings.